The van der Waals surface area contributed by atoms with Crippen molar-refractivity contribution in [2.24, 2.45) is 0 Å². The van der Waals surface area contributed by atoms with Gasteiger partial charge in [0.2, 0.25) is 0 Å². The van der Waals surface area contributed by atoms with Crippen LogP contribution in [-0.2, 0) is 11.3 Å². The highest BCUT2D eigenvalue weighted by Gasteiger charge is 2.21. The van der Waals surface area contributed by atoms with Crippen LogP contribution in [0.5, 0.6) is 0 Å². The van der Waals surface area contributed by atoms with E-state index >= 15 is 0 Å². The highest BCUT2D eigenvalue weighted by Crippen LogP contribution is 2.20. The van der Waals surface area contributed by atoms with Crippen LogP contribution in [0.3, 0.4) is 0 Å². The van der Waals surface area contributed by atoms with Gasteiger partial charge in [0.05, 0.1) is 18.8 Å². The summed E-state index contributed by atoms with van der Waals surface area (Å²) in [5.41, 5.74) is 0.372. The molecule has 2 aliphatic rings. The van der Waals surface area contributed by atoms with E-state index in [2.05, 4.69) is 14.9 Å². The number of methoxy groups -OCH3 is 1. The highest BCUT2D eigenvalue weighted by molar-refractivity contribution is 5.95. The largest absolute Gasteiger partial charge is 0.465 e. The molecule has 0 aromatic heterocycles. The number of pyridine rings is 1. The molecule has 0 aromatic carbocycles. The van der Waals surface area contributed by atoms with Gasteiger partial charge in [0.15, 0.2) is 0 Å². The Morgan fingerprint density at radius 3 is 2.94 bits per heavy atom. The van der Waals surface area contributed by atoms with Crippen molar-refractivity contribution in [2.75, 3.05) is 7.11 Å². The van der Waals surface area contributed by atoms with Gasteiger partial charge in [0.1, 0.15) is 11.3 Å². The molecule has 7 nitrogen and oxygen atoms in total. The Morgan fingerprint density at radius 1 is 1.61 bits per heavy atom. The maximum atomic E-state index is 11.6. The summed E-state index contributed by atoms with van der Waals surface area (Å²) >= 11 is 0. The Hall–Kier alpha value is -2.15. The third-order valence-electron chi connectivity index (χ3n) is 2.49. The number of hydrogen-bond acceptors (Lipinski definition) is 5. The fourth-order valence-electron chi connectivity index (χ4n) is 1.76. The molecular weight excluding hydrogens is 238 g/mol. The summed E-state index contributed by atoms with van der Waals surface area (Å²) in [6.07, 6.45) is 2.45. The molecule has 1 unspecified atom stereocenters. The second-order valence-electron chi connectivity index (χ2n) is 4.02. The number of aromatic amines is 1. The number of ether oxygens (including phenoxy) is 1. The molecule has 2 rings (SSSR count). The zero-order valence-corrected chi connectivity index (χ0v) is 10.0. The second-order valence-corrected chi connectivity index (χ2v) is 4.02. The van der Waals surface area contributed by atoms with Crippen LogP contribution < -0.4 is 5.56 Å². The van der Waals surface area contributed by atoms with E-state index in [4.69, 9.17) is 0 Å². The standard InChI is InChI=1S/C11H13N3O4/c1-6(15)3-14-4-7-9(12-13-10(7)16)8(5-14)11(17)18-2/h4-6,15H,3H2,1-2H3,(H,13,16). The van der Waals surface area contributed by atoms with Gasteiger partial charge in [0, 0.05) is 18.9 Å². The summed E-state index contributed by atoms with van der Waals surface area (Å²) in [7, 11) is 1.25. The Labute approximate surface area is 102 Å². The third kappa shape index (κ3) is 2.12. The van der Waals surface area contributed by atoms with Crippen LogP contribution in [0.2, 0.25) is 0 Å². The maximum Gasteiger partial charge on any atom is 0.341 e. The molecule has 1 atom stereocenters. The minimum atomic E-state index is -0.597. The number of fused-ring (bicyclic) bond motifs is 1. The van der Waals surface area contributed by atoms with Crippen molar-refractivity contribution in [3.8, 4) is 11.3 Å². The van der Waals surface area contributed by atoms with Crippen LogP contribution in [0.25, 0.3) is 11.3 Å². The van der Waals surface area contributed by atoms with Crippen LogP contribution in [0.15, 0.2) is 17.2 Å². The number of nitrogens with zero attached hydrogens (tertiary/aromatic N) is 2. The van der Waals surface area contributed by atoms with E-state index in [0.717, 1.165) is 0 Å². The quantitative estimate of drug-likeness (QED) is 0.739. The molecule has 18 heavy (non-hydrogen) atoms. The van der Waals surface area contributed by atoms with Crippen LogP contribution in [0.4, 0.5) is 0 Å². The molecule has 96 valence electrons. The fourth-order valence-corrected chi connectivity index (χ4v) is 1.76. The minimum absolute atomic E-state index is 0.189. The number of rotatable bonds is 3. The van der Waals surface area contributed by atoms with Gasteiger partial charge in [-0.05, 0) is 6.92 Å². The Balaban J connectivity index is 2.60. The van der Waals surface area contributed by atoms with Crippen molar-refractivity contribution in [1.82, 2.24) is 14.8 Å². The number of carbonyl (C=O) groups is 1. The normalized spacial score (nSPS) is 12.6. The first kappa shape index (κ1) is 12.3. The third-order valence-corrected chi connectivity index (χ3v) is 2.49. The molecule has 0 bridgehead atoms. The number of aliphatic hydroxyl groups is 1. The molecule has 0 radical (unpaired) electrons. The summed E-state index contributed by atoms with van der Waals surface area (Å²) in [5.74, 6) is -0.577. The number of hydrogen-bond donors (Lipinski definition) is 2. The van der Waals surface area contributed by atoms with Crippen molar-refractivity contribution in [1.29, 1.82) is 0 Å². The van der Waals surface area contributed by atoms with Crippen molar-refractivity contribution < 1.29 is 14.6 Å². The van der Waals surface area contributed by atoms with Crippen molar-refractivity contribution in [2.45, 2.75) is 19.6 Å². The van der Waals surface area contributed by atoms with Crippen molar-refractivity contribution >= 4 is 5.97 Å². The van der Waals surface area contributed by atoms with Gasteiger partial charge >= 0.3 is 5.97 Å². The monoisotopic (exact) mass is 251 g/mol. The highest BCUT2D eigenvalue weighted by atomic mass is 16.5. The average Bonchev–Trinajstić information content (AvgIpc) is 2.69. The molecule has 7 heteroatoms. The lowest BCUT2D eigenvalue weighted by atomic mass is 10.1. The van der Waals surface area contributed by atoms with Gasteiger partial charge in [-0.2, -0.15) is 5.10 Å². The summed E-state index contributed by atoms with van der Waals surface area (Å²) in [6.45, 7) is 1.88. The summed E-state index contributed by atoms with van der Waals surface area (Å²) in [4.78, 5) is 23.2. The lowest BCUT2D eigenvalue weighted by Crippen LogP contribution is -2.16. The first-order valence-electron chi connectivity index (χ1n) is 5.37. The van der Waals surface area contributed by atoms with Gasteiger partial charge in [-0.15, -0.1) is 0 Å². The number of esters is 1. The minimum Gasteiger partial charge on any atom is -0.465 e. The fraction of sp³-hybridized carbons (Fsp3) is 0.364. The van der Waals surface area contributed by atoms with E-state index in [9.17, 15) is 14.7 Å². The van der Waals surface area contributed by atoms with Crippen LogP contribution in [0, 0.1) is 0 Å². The predicted octanol–water partition coefficient (Wildman–Crippen LogP) is -0.156. The molecule has 2 aliphatic heterocycles. The number of nitrogens with one attached hydrogen (secondary N) is 1. The maximum absolute atomic E-state index is 11.6. The van der Waals surface area contributed by atoms with E-state index < -0.39 is 12.1 Å². The first-order valence-corrected chi connectivity index (χ1v) is 5.37. The zero-order valence-electron chi connectivity index (χ0n) is 10.0. The first-order chi connectivity index (χ1) is 8.52. The smallest absolute Gasteiger partial charge is 0.341 e. The molecule has 2 N–H and O–H groups in total. The molecule has 0 saturated carbocycles. The van der Waals surface area contributed by atoms with E-state index in [0.29, 0.717) is 5.56 Å². The molecule has 0 fully saturated rings. The molecule has 0 aliphatic carbocycles. The average molecular weight is 251 g/mol. The van der Waals surface area contributed by atoms with Crippen LogP contribution in [-0.4, -0.2) is 39.1 Å². The Bertz CT molecular complexity index is 599. The van der Waals surface area contributed by atoms with E-state index in [1.807, 2.05) is 0 Å². The summed E-state index contributed by atoms with van der Waals surface area (Å²) < 4.78 is 6.21. The summed E-state index contributed by atoms with van der Waals surface area (Å²) in [6, 6.07) is 0. The second kappa shape index (κ2) is 4.61. The number of aromatic nitrogens is 3. The van der Waals surface area contributed by atoms with Crippen LogP contribution in [0.1, 0.15) is 17.3 Å². The molecule has 0 saturated heterocycles. The lowest BCUT2D eigenvalue weighted by molar-refractivity contribution is 0.0599. The molecule has 0 aromatic rings. The SMILES string of the molecule is COC(=O)c1cn(CC(C)O)cc2c(=O)[nH]nc1-2. The predicted molar refractivity (Wildman–Crippen MR) is 62.5 cm³/mol. The number of carbonyl (C=O) groups excluding carboxylic acids is 1. The van der Waals surface area contributed by atoms with Crippen LogP contribution >= 0.6 is 0 Å². The van der Waals surface area contributed by atoms with Gasteiger partial charge < -0.3 is 14.4 Å². The Morgan fingerprint density at radius 2 is 2.33 bits per heavy atom. The zero-order chi connectivity index (χ0) is 13.3. The van der Waals surface area contributed by atoms with E-state index in [1.165, 1.54) is 13.3 Å². The molecular formula is C11H13N3O4. The van der Waals surface area contributed by atoms with Gasteiger partial charge in [-0.25, -0.2) is 9.89 Å². The number of aliphatic hydroxyl groups excluding tert-OH is 1. The number of H-pyrrole nitrogens is 1. The topological polar surface area (TPSA) is 97.2 Å². The molecule has 0 spiro atoms. The van der Waals surface area contributed by atoms with Crippen molar-refractivity contribution in [3.05, 3.63) is 28.3 Å². The van der Waals surface area contributed by atoms with E-state index in [1.54, 1.807) is 17.7 Å². The van der Waals surface area contributed by atoms with Gasteiger partial charge in [-0.3, -0.25) is 4.79 Å². The summed E-state index contributed by atoms with van der Waals surface area (Å²) in [5, 5.41) is 15.4. The Kier molecular flexibility index (Phi) is 3.15. The molecule has 0 amide bonds. The van der Waals surface area contributed by atoms with Gasteiger partial charge in [0.25, 0.3) is 5.56 Å². The lowest BCUT2D eigenvalue weighted by Gasteiger charge is -2.12. The molecule has 2 heterocycles. The van der Waals surface area contributed by atoms with Gasteiger partial charge in [-0.1, -0.05) is 0 Å². The van der Waals surface area contributed by atoms with E-state index in [-0.39, 0.29) is 23.4 Å². The van der Waals surface area contributed by atoms with Crippen molar-refractivity contribution in [3.63, 3.8) is 0 Å².